The van der Waals surface area contributed by atoms with Crippen molar-refractivity contribution in [2.45, 2.75) is 13.2 Å². The first-order valence-electron chi connectivity index (χ1n) is 6.11. The van der Waals surface area contributed by atoms with Crippen LogP contribution >= 0.6 is 0 Å². The highest BCUT2D eigenvalue weighted by Crippen LogP contribution is 2.22. The summed E-state index contributed by atoms with van der Waals surface area (Å²) in [5.41, 5.74) is 2.84. The van der Waals surface area contributed by atoms with Crippen molar-refractivity contribution in [2.75, 3.05) is 5.32 Å². The van der Waals surface area contributed by atoms with Gasteiger partial charge in [-0.05, 0) is 23.3 Å². The number of anilines is 1. The van der Waals surface area contributed by atoms with Crippen LogP contribution in [0.2, 0.25) is 0 Å². The molecule has 0 saturated heterocycles. The van der Waals surface area contributed by atoms with Gasteiger partial charge in [0.2, 0.25) is 0 Å². The van der Waals surface area contributed by atoms with Crippen LogP contribution in [0, 0.1) is 0 Å². The predicted octanol–water partition coefficient (Wildman–Crippen LogP) is 2.93. The summed E-state index contributed by atoms with van der Waals surface area (Å²) in [4.78, 5) is 4.32. The third-order valence-electron chi connectivity index (χ3n) is 3.01. The molecule has 19 heavy (non-hydrogen) atoms. The monoisotopic (exact) mass is 254 g/mol. The molecule has 0 spiro atoms. The van der Waals surface area contributed by atoms with Gasteiger partial charge in [-0.3, -0.25) is 0 Å². The number of furan rings is 1. The zero-order valence-electron chi connectivity index (χ0n) is 10.3. The number of rotatable bonds is 4. The van der Waals surface area contributed by atoms with Gasteiger partial charge in [-0.1, -0.05) is 24.3 Å². The molecule has 1 aromatic carbocycles. The molecule has 0 aliphatic carbocycles. The summed E-state index contributed by atoms with van der Waals surface area (Å²) in [6.07, 6.45) is 3.38. The number of aliphatic hydroxyl groups excluding tert-OH is 1. The summed E-state index contributed by atoms with van der Waals surface area (Å²) >= 11 is 0. The van der Waals surface area contributed by atoms with Crippen LogP contribution in [-0.2, 0) is 13.2 Å². The Morgan fingerprint density at radius 3 is 2.95 bits per heavy atom. The molecule has 0 fully saturated rings. The molecule has 0 atom stereocenters. The van der Waals surface area contributed by atoms with E-state index in [9.17, 15) is 0 Å². The summed E-state index contributed by atoms with van der Waals surface area (Å²) in [7, 11) is 0. The Hall–Kier alpha value is -2.33. The fourth-order valence-corrected chi connectivity index (χ4v) is 2.06. The first kappa shape index (κ1) is 11.7. The SMILES string of the molecule is OCc1cccc(CNc2nccc3occc23)c1. The molecule has 4 nitrogen and oxygen atoms in total. The lowest BCUT2D eigenvalue weighted by molar-refractivity contribution is 0.281. The first-order chi connectivity index (χ1) is 9.36. The van der Waals surface area contributed by atoms with Gasteiger partial charge in [-0.2, -0.15) is 0 Å². The van der Waals surface area contributed by atoms with E-state index in [1.807, 2.05) is 36.4 Å². The van der Waals surface area contributed by atoms with Gasteiger partial charge in [-0.25, -0.2) is 4.98 Å². The first-order valence-corrected chi connectivity index (χ1v) is 6.11. The number of hydrogen-bond acceptors (Lipinski definition) is 4. The zero-order valence-corrected chi connectivity index (χ0v) is 10.3. The van der Waals surface area contributed by atoms with Gasteiger partial charge in [0, 0.05) is 12.7 Å². The van der Waals surface area contributed by atoms with Crippen LogP contribution in [0.15, 0.2) is 53.3 Å². The maximum atomic E-state index is 9.12. The Balaban J connectivity index is 1.80. The molecule has 2 aromatic heterocycles. The average Bonchev–Trinajstić information content (AvgIpc) is 2.94. The van der Waals surface area contributed by atoms with E-state index in [4.69, 9.17) is 9.52 Å². The summed E-state index contributed by atoms with van der Waals surface area (Å²) in [5.74, 6) is 0.806. The maximum Gasteiger partial charge on any atom is 0.139 e. The van der Waals surface area contributed by atoms with Crippen LogP contribution in [0.5, 0.6) is 0 Å². The Kier molecular flexibility index (Phi) is 3.16. The molecule has 0 aliphatic heterocycles. The lowest BCUT2D eigenvalue weighted by atomic mass is 10.1. The van der Waals surface area contributed by atoms with Gasteiger partial charge >= 0.3 is 0 Å². The predicted molar refractivity (Wildman–Crippen MR) is 73.7 cm³/mol. The van der Waals surface area contributed by atoms with Crippen molar-refractivity contribution < 1.29 is 9.52 Å². The van der Waals surface area contributed by atoms with Crippen molar-refractivity contribution in [3.8, 4) is 0 Å². The van der Waals surface area contributed by atoms with Crippen LogP contribution in [0.4, 0.5) is 5.82 Å². The summed E-state index contributed by atoms with van der Waals surface area (Å²) < 4.78 is 5.33. The number of pyridine rings is 1. The Labute approximate surface area is 110 Å². The summed E-state index contributed by atoms with van der Waals surface area (Å²) in [6, 6.07) is 11.6. The number of benzene rings is 1. The van der Waals surface area contributed by atoms with Crippen molar-refractivity contribution >= 4 is 16.8 Å². The molecule has 3 aromatic rings. The van der Waals surface area contributed by atoms with Gasteiger partial charge in [-0.15, -0.1) is 0 Å². The number of fused-ring (bicyclic) bond motifs is 1. The van der Waals surface area contributed by atoms with Crippen LogP contribution < -0.4 is 5.32 Å². The third-order valence-corrected chi connectivity index (χ3v) is 3.01. The molecule has 4 heteroatoms. The standard InChI is InChI=1S/C15H14N2O2/c18-10-12-3-1-2-11(8-12)9-17-15-13-5-7-19-14(13)4-6-16-15/h1-8,18H,9-10H2,(H,16,17). The quantitative estimate of drug-likeness (QED) is 0.751. The summed E-state index contributed by atoms with van der Waals surface area (Å²) in [6.45, 7) is 0.717. The van der Waals surface area contributed by atoms with E-state index in [2.05, 4.69) is 10.3 Å². The van der Waals surface area contributed by atoms with Crippen molar-refractivity contribution in [2.24, 2.45) is 0 Å². The maximum absolute atomic E-state index is 9.12. The highest BCUT2D eigenvalue weighted by atomic mass is 16.3. The minimum absolute atomic E-state index is 0.0589. The number of aromatic nitrogens is 1. The molecular weight excluding hydrogens is 240 g/mol. The molecule has 0 saturated carbocycles. The van der Waals surface area contributed by atoms with E-state index in [1.165, 1.54) is 0 Å². The van der Waals surface area contributed by atoms with Gasteiger partial charge in [0.15, 0.2) is 0 Å². The van der Waals surface area contributed by atoms with E-state index in [1.54, 1.807) is 12.5 Å². The largest absolute Gasteiger partial charge is 0.464 e. The molecule has 96 valence electrons. The number of hydrogen-bond donors (Lipinski definition) is 2. The molecule has 2 heterocycles. The van der Waals surface area contributed by atoms with E-state index < -0.39 is 0 Å². The second kappa shape index (κ2) is 5.12. The Bertz CT molecular complexity index is 691. The van der Waals surface area contributed by atoms with Gasteiger partial charge in [0.25, 0.3) is 0 Å². The molecule has 0 bridgehead atoms. The lowest BCUT2D eigenvalue weighted by Crippen LogP contribution is -2.02. The molecule has 3 rings (SSSR count). The van der Waals surface area contributed by atoms with Gasteiger partial charge in [0.1, 0.15) is 11.4 Å². The van der Waals surface area contributed by atoms with Crippen molar-refractivity contribution in [3.05, 3.63) is 60.0 Å². The fourth-order valence-electron chi connectivity index (χ4n) is 2.06. The van der Waals surface area contributed by atoms with Crippen LogP contribution in [-0.4, -0.2) is 10.1 Å². The Morgan fingerprint density at radius 2 is 2.05 bits per heavy atom. The van der Waals surface area contributed by atoms with E-state index in [0.717, 1.165) is 27.9 Å². The smallest absolute Gasteiger partial charge is 0.139 e. The van der Waals surface area contributed by atoms with E-state index >= 15 is 0 Å². The Morgan fingerprint density at radius 1 is 1.16 bits per heavy atom. The minimum Gasteiger partial charge on any atom is -0.464 e. The highest BCUT2D eigenvalue weighted by Gasteiger charge is 2.04. The highest BCUT2D eigenvalue weighted by molar-refractivity contribution is 5.87. The normalized spacial score (nSPS) is 10.8. The molecule has 0 aliphatic rings. The van der Waals surface area contributed by atoms with Crippen molar-refractivity contribution in [1.82, 2.24) is 4.98 Å². The van der Waals surface area contributed by atoms with Gasteiger partial charge in [0.05, 0.1) is 18.3 Å². The van der Waals surface area contributed by atoms with E-state index in [0.29, 0.717) is 6.54 Å². The zero-order chi connectivity index (χ0) is 13.1. The lowest BCUT2D eigenvalue weighted by Gasteiger charge is -2.07. The second-order valence-electron chi connectivity index (χ2n) is 4.32. The van der Waals surface area contributed by atoms with E-state index in [-0.39, 0.29) is 6.61 Å². The average molecular weight is 254 g/mol. The van der Waals surface area contributed by atoms with Crippen LogP contribution in [0.1, 0.15) is 11.1 Å². The molecular formula is C15H14N2O2. The number of aliphatic hydroxyl groups is 1. The second-order valence-corrected chi connectivity index (χ2v) is 4.32. The van der Waals surface area contributed by atoms with Gasteiger partial charge < -0.3 is 14.8 Å². The molecule has 0 radical (unpaired) electrons. The minimum atomic E-state index is 0.0589. The fraction of sp³-hybridized carbons (Fsp3) is 0.133. The van der Waals surface area contributed by atoms with Crippen molar-refractivity contribution in [1.29, 1.82) is 0 Å². The summed E-state index contributed by atoms with van der Waals surface area (Å²) in [5, 5.41) is 13.4. The third kappa shape index (κ3) is 2.44. The van der Waals surface area contributed by atoms with Crippen LogP contribution in [0.3, 0.4) is 0 Å². The number of nitrogens with zero attached hydrogens (tertiary/aromatic N) is 1. The molecule has 2 N–H and O–H groups in total. The number of nitrogens with one attached hydrogen (secondary N) is 1. The van der Waals surface area contributed by atoms with Crippen molar-refractivity contribution in [3.63, 3.8) is 0 Å². The van der Waals surface area contributed by atoms with Crippen LogP contribution in [0.25, 0.3) is 11.0 Å². The molecule has 0 unspecified atom stereocenters. The molecule has 0 amide bonds. The topological polar surface area (TPSA) is 58.3 Å².